The molecule has 3 aliphatic rings. The smallest absolute Gasteiger partial charge is 0.226 e. The first-order valence-electron chi connectivity index (χ1n) is 12.5. The molecular formula is C25H38ClN3O4S. The van der Waals surface area contributed by atoms with Crippen LogP contribution in [0.2, 0.25) is 5.02 Å². The summed E-state index contributed by atoms with van der Waals surface area (Å²) in [6, 6.07) is 3.87. The van der Waals surface area contributed by atoms with Gasteiger partial charge in [0.25, 0.3) is 0 Å². The largest absolute Gasteiger partial charge is 0.337 e. The topological polar surface area (TPSA) is 93.1 Å². The van der Waals surface area contributed by atoms with Crippen molar-refractivity contribution in [2.24, 2.45) is 5.92 Å². The van der Waals surface area contributed by atoms with Gasteiger partial charge in [0, 0.05) is 61.0 Å². The first-order chi connectivity index (χ1) is 16.1. The molecular weight excluding hydrogens is 474 g/mol. The maximum absolute atomic E-state index is 12.9. The molecule has 1 aliphatic carbocycles. The Bertz CT molecular complexity index is 922. The summed E-state index contributed by atoms with van der Waals surface area (Å²) in [7, 11) is -2.66. The van der Waals surface area contributed by atoms with Gasteiger partial charge < -0.3 is 10.2 Å². The summed E-state index contributed by atoms with van der Waals surface area (Å²) in [6.07, 6.45) is 5.92. The van der Waals surface area contributed by atoms with Gasteiger partial charge in [-0.25, -0.2) is 0 Å². The second-order valence-corrected chi connectivity index (χ2v) is 13.2. The van der Waals surface area contributed by atoms with Gasteiger partial charge in [0.2, 0.25) is 11.8 Å². The highest BCUT2D eigenvalue weighted by Gasteiger charge is 2.34. The van der Waals surface area contributed by atoms with Crippen molar-refractivity contribution in [3.8, 4) is 0 Å². The number of hydrogen-bond acceptors (Lipinski definition) is 5. The molecule has 2 aliphatic heterocycles. The highest BCUT2D eigenvalue weighted by Crippen LogP contribution is 2.53. The summed E-state index contributed by atoms with van der Waals surface area (Å²) >= 11 is 6.41. The van der Waals surface area contributed by atoms with Crippen LogP contribution in [0.25, 0.3) is 0 Å². The van der Waals surface area contributed by atoms with Gasteiger partial charge in [-0.2, -0.15) is 10.6 Å². The lowest BCUT2D eigenvalue weighted by Gasteiger charge is -2.41. The number of benzene rings is 1. The number of piperazine rings is 1. The van der Waals surface area contributed by atoms with E-state index in [1.807, 2.05) is 13.0 Å². The third kappa shape index (κ3) is 5.90. The van der Waals surface area contributed by atoms with Crippen LogP contribution in [-0.2, 0) is 16.1 Å². The lowest BCUT2D eigenvalue weighted by atomic mass is 10.0. The molecule has 7 nitrogen and oxygen atoms in total. The van der Waals surface area contributed by atoms with Gasteiger partial charge >= 0.3 is 0 Å². The molecule has 1 aromatic carbocycles. The van der Waals surface area contributed by atoms with Crippen LogP contribution in [0.1, 0.15) is 63.0 Å². The zero-order valence-electron chi connectivity index (χ0n) is 20.3. The Balaban J connectivity index is 1.37. The van der Waals surface area contributed by atoms with E-state index < -0.39 is 10.6 Å². The van der Waals surface area contributed by atoms with Crippen molar-refractivity contribution >= 4 is 39.7 Å². The van der Waals surface area contributed by atoms with Crippen molar-refractivity contribution in [2.45, 2.75) is 76.6 Å². The molecule has 4 rings (SSSR count). The van der Waals surface area contributed by atoms with Crippen molar-refractivity contribution in [1.29, 1.82) is 0 Å². The molecule has 0 bridgehead atoms. The summed E-state index contributed by atoms with van der Waals surface area (Å²) in [6.45, 7) is 7.18. The van der Waals surface area contributed by atoms with Crippen molar-refractivity contribution in [2.75, 3.05) is 30.7 Å². The summed E-state index contributed by atoms with van der Waals surface area (Å²) < 4.78 is 20.3. The van der Waals surface area contributed by atoms with Gasteiger partial charge in [-0.1, -0.05) is 24.4 Å². The molecule has 34 heavy (non-hydrogen) atoms. The van der Waals surface area contributed by atoms with Crippen LogP contribution in [-0.4, -0.2) is 67.4 Å². The molecule has 2 saturated heterocycles. The van der Waals surface area contributed by atoms with E-state index in [-0.39, 0.29) is 29.5 Å². The monoisotopic (exact) mass is 511 g/mol. The van der Waals surface area contributed by atoms with E-state index in [1.54, 1.807) is 6.07 Å². The average molecular weight is 512 g/mol. The first kappa shape index (κ1) is 25.8. The van der Waals surface area contributed by atoms with Crippen LogP contribution < -0.4 is 5.32 Å². The summed E-state index contributed by atoms with van der Waals surface area (Å²) in [4.78, 5) is 30.0. The first-order valence-corrected chi connectivity index (χ1v) is 14.7. The number of anilines is 1. The molecule has 3 N–H and O–H groups in total. The molecule has 3 fully saturated rings. The second kappa shape index (κ2) is 10.7. The fourth-order valence-corrected chi connectivity index (χ4v) is 7.83. The predicted octanol–water partition coefficient (Wildman–Crippen LogP) is 5.11. The zero-order chi connectivity index (χ0) is 24.5. The van der Waals surface area contributed by atoms with E-state index in [0.29, 0.717) is 35.3 Å². The minimum atomic E-state index is -2.66. The van der Waals surface area contributed by atoms with E-state index in [0.717, 1.165) is 50.0 Å². The molecule has 1 saturated carbocycles. The Morgan fingerprint density at radius 2 is 1.88 bits per heavy atom. The van der Waals surface area contributed by atoms with Crippen molar-refractivity contribution in [1.82, 2.24) is 9.80 Å². The minimum absolute atomic E-state index is 0.109. The van der Waals surface area contributed by atoms with Crippen molar-refractivity contribution in [3.05, 3.63) is 28.3 Å². The lowest BCUT2D eigenvalue weighted by molar-refractivity contribution is -0.140. The van der Waals surface area contributed by atoms with E-state index in [4.69, 9.17) is 11.6 Å². The van der Waals surface area contributed by atoms with E-state index >= 15 is 0 Å². The standard InChI is InChI=1S/C25H38ClN3O4S/c1-17-15-28(9-10-29(17)25(31)19-6-3-4-7-19)16-20-12-21(26)13-23(18(20)2)27-24(30)14-22-8-5-11-34(22,32)33/h12-13,17,19,22,32-33H,3-11,14-16H2,1-2H3,(H,27,30)/t17-,22?/m0/s1. The Hall–Kier alpha value is -1.32. The number of carbonyl (C=O) groups excluding carboxylic acids is 2. The summed E-state index contributed by atoms with van der Waals surface area (Å²) in [5.74, 6) is 0.717. The van der Waals surface area contributed by atoms with Crippen molar-refractivity contribution in [3.63, 3.8) is 0 Å². The highest BCUT2D eigenvalue weighted by atomic mass is 35.5. The third-order valence-electron chi connectivity index (χ3n) is 7.76. The maximum Gasteiger partial charge on any atom is 0.226 e. The number of carbonyl (C=O) groups is 2. The summed E-state index contributed by atoms with van der Waals surface area (Å²) in [5.41, 5.74) is 2.69. The fraction of sp³-hybridized carbons (Fsp3) is 0.680. The quantitative estimate of drug-likeness (QED) is 0.493. The van der Waals surface area contributed by atoms with Crippen LogP contribution in [0.5, 0.6) is 0 Å². The lowest BCUT2D eigenvalue weighted by Crippen LogP contribution is -2.54. The maximum atomic E-state index is 12.9. The molecule has 1 unspecified atom stereocenters. The zero-order valence-corrected chi connectivity index (χ0v) is 21.8. The SMILES string of the molecule is Cc1c(CN2CCN(C(=O)C3CCCC3)[C@@H](C)C2)cc(Cl)cc1NC(=O)CC1CCCS1(O)O. The number of rotatable bonds is 6. The Kier molecular flexibility index (Phi) is 8.14. The van der Waals surface area contributed by atoms with Crippen LogP contribution >= 0.6 is 22.2 Å². The number of nitrogens with one attached hydrogen (secondary N) is 1. The van der Waals surface area contributed by atoms with Gasteiger partial charge in [-0.3, -0.25) is 23.6 Å². The predicted molar refractivity (Wildman–Crippen MR) is 139 cm³/mol. The molecule has 2 heterocycles. The molecule has 0 spiro atoms. The van der Waals surface area contributed by atoms with Gasteiger partial charge in [-0.15, -0.1) is 0 Å². The van der Waals surface area contributed by atoms with Crippen molar-refractivity contribution < 1.29 is 18.7 Å². The number of amides is 2. The Labute approximate surface area is 209 Å². The van der Waals surface area contributed by atoms with E-state index in [2.05, 4.69) is 22.0 Å². The molecule has 2 atom stereocenters. The number of hydrogen-bond donors (Lipinski definition) is 3. The van der Waals surface area contributed by atoms with Crippen LogP contribution in [0.3, 0.4) is 0 Å². The van der Waals surface area contributed by atoms with E-state index in [9.17, 15) is 18.7 Å². The normalized spacial score (nSPS) is 26.6. The van der Waals surface area contributed by atoms with Gasteiger partial charge in [0.05, 0.1) is 5.25 Å². The number of nitrogens with zero attached hydrogens (tertiary/aromatic N) is 2. The highest BCUT2D eigenvalue weighted by molar-refractivity contribution is 8.25. The average Bonchev–Trinajstić information content (AvgIpc) is 3.41. The van der Waals surface area contributed by atoms with Crippen LogP contribution in [0.15, 0.2) is 12.1 Å². The van der Waals surface area contributed by atoms with E-state index in [1.165, 1.54) is 12.8 Å². The van der Waals surface area contributed by atoms with Crippen LogP contribution in [0.4, 0.5) is 5.69 Å². The van der Waals surface area contributed by atoms with Gasteiger partial charge in [0.1, 0.15) is 0 Å². The second-order valence-electron chi connectivity index (χ2n) is 10.3. The van der Waals surface area contributed by atoms with Crippen LogP contribution in [0, 0.1) is 12.8 Å². The molecule has 0 aromatic heterocycles. The minimum Gasteiger partial charge on any atom is -0.337 e. The van der Waals surface area contributed by atoms with Gasteiger partial charge in [-0.05, 0) is 62.8 Å². The fourth-order valence-electron chi connectivity index (χ4n) is 5.70. The molecule has 9 heteroatoms. The third-order valence-corrected chi connectivity index (χ3v) is 10.3. The number of halogens is 1. The molecule has 1 aromatic rings. The molecule has 0 radical (unpaired) electrons. The Morgan fingerprint density at radius 1 is 1.15 bits per heavy atom. The van der Waals surface area contributed by atoms with Gasteiger partial charge in [0.15, 0.2) is 0 Å². The molecule has 2 amide bonds. The Morgan fingerprint density at radius 3 is 2.53 bits per heavy atom. The summed E-state index contributed by atoms with van der Waals surface area (Å²) in [5, 5.41) is 3.15. The molecule has 190 valence electrons.